The second-order valence-corrected chi connectivity index (χ2v) is 4.88. The molecule has 0 radical (unpaired) electrons. The van der Waals surface area contributed by atoms with Crippen LogP contribution >= 0.6 is 0 Å². The maximum Gasteiger partial charge on any atom is 0.422 e. The van der Waals surface area contributed by atoms with E-state index in [1.165, 1.54) is 13.8 Å². The van der Waals surface area contributed by atoms with E-state index in [1.54, 1.807) is 0 Å². The molecule has 0 N–H and O–H groups in total. The van der Waals surface area contributed by atoms with Crippen molar-refractivity contribution < 1.29 is 35.8 Å². The molecule has 2 atom stereocenters. The summed E-state index contributed by atoms with van der Waals surface area (Å²) < 4.78 is 88.8. The van der Waals surface area contributed by atoms with Gasteiger partial charge in [-0.05, 0) is 25.0 Å². The van der Waals surface area contributed by atoms with Gasteiger partial charge >= 0.3 is 6.18 Å². The van der Waals surface area contributed by atoms with E-state index in [0.29, 0.717) is 0 Å². The third-order valence-electron chi connectivity index (χ3n) is 3.08. The Morgan fingerprint density at radius 1 is 0.913 bits per heavy atom. The van der Waals surface area contributed by atoms with Crippen LogP contribution in [0.3, 0.4) is 0 Å². The van der Waals surface area contributed by atoms with Crippen molar-refractivity contribution in [3.05, 3.63) is 23.5 Å². The van der Waals surface area contributed by atoms with E-state index in [-0.39, 0.29) is 12.8 Å². The van der Waals surface area contributed by atoms with E-state index in [4.69, 9.17) is 9.47 Å². The topological polar surface area (TPSA) is 18.5 Å². The normalized spacial score (nSPS) is 14.4. The highest BCUT2D eigenvalue weighted by Crippen LogP contribution is 2.41. The maximum atomic E-state index is 14.0. The third-order valence-corrected chi connectivity index (χ3v) is 3.08. The highest BCUT2D eigenvalue weighted by Gasteiger charge is 2.39. The molecule has 0 bridgehead atoms. The van der Waals surface area contributed by atoms with Gasteiger partial charge in [-0.15, -0.1) is 0 Å². The predicted octanol–water partition coefficient (Wildman–Crippen LogP) is 5.10. The molecule has 1 aromatic carbocycles. The quantitative estimate of drug-likeness (QED) is 0.611. The SMILES string of the molecule is CCC(F)COc1ccc(OCC(F)CC)c(C(F)(F)F)c1F. The highest BCUT2D eigenvalue weighted by molar-refractivity contribution is 5.44. The first-order chi connectivity index (χ1) is 10.7. The standard InChI is InChI=1S/C15H18F6O2/c1-3-9(16)7-22-11-5-6-12(23-8-10(17)4-2)14(18)13(11)15(19,20)21/h5-6,9-10H,3-4,7-8H2,1-2H3. The molecule has 8 heteroatoms. The van der Waals surface area contributed by atoms with Crippen molar-refractivity contribution in [1.82, 2.24) is 0 Å². The molecule has 2 nitrogen and oxygen atoms in total. The Kier molecular flexibility index (Phi) is 7.02. The van der Waals surface area contributed by atoms with Gasteiger partial charge in [0.1, 0.15) is 36.9 Å². The van der Waals surface area contributed by atoms with Crippen LogP contribution in [0, 0.1) is 5.82 Å². The van der Waals surface area contributed by atoms with Gasteiger partial charge in [0.05, 0.1) is 0 Å². The first kappa shape index (κ1) is 19.4. The lowest BCUT2D eigenvalue weighted by Gasteiger charge is -2.18. The van der Waals surface area contributed by atoms with Gasteiger partial charge < -0.3 is 9.47 Å². The number of rotatable bonds is 8. The van der Waals surface area contributed by atoms with Crippen LogP contribution in [0.2, 0.25) is 0 Å². The van der Waals surface area contributed by atoms with Crippen molar-refractivity contribution >= 4 is 0 Å². The van der Waals surface area contributed by atoms with Crippen molar-refractivity contribution in [2.75, 3.05) is 13.2 Å². The minimum Gasteiger partial charge on any atom is -0.490 e. The van der Waals surface area contributed by atoms with E-state index in [1.807, 2.05) is 0 Å². The van der Waals surface area contributed by atoms with E-state index in [2.05, 4.69) is 0 Å². The van der Waals surface area contributed by atoms with Crippen LogP contribution < -0.4 is 9.47 Å². The summed E-state index contributed by atoms with van der Waals surface area (Å²) in [5.74, 6) is -3.26. The minimum atomic E-state index is -5.06. The molecular formula is C15H18F6O2. The smallest absolute Gasteiger partial charge is 0.422 e. The number of hydrogen-bond donors (Lipinski definition) is 0. The van der Waals surface area contributed by atoms with Gasteiger partial charge in [0.2, 0.25) is 0 Å². The Morgan fingerprint density at radius 3 is 1.78 bits per heavy atom. The van der Waals surface area contributed by atoms with Gasteiger partial charge in [-0.25, -0.2) is 13.2 Å². The molecule has 0 aliphatic carbocycles. The van der Waals surface area contributed by atoms with Crippen LogP contribution in [-0.4, -0.2) is 25.6 Å². The molecule has 0 amide bonds. The summed E-state index contributed by atoms with van der Waals surface area (Å²) in [6.45, 7) is 1.83. The number of hydrogen-bond acceptors (Lipinski definition) is 2. The van der Waals surface area contributed by atoms with Gasteiger partial charge in [0.15, 0.2) is 11.6 Å². The monoisotopic (exact) mass is 344 g/mol. The molecule has 0 aliphatic heterocycles. The summed E-state index contributed by atoms with van der Waals surface area (Å²) in [7, 11) is 0. The number of benzene rings is 1. The molecule has 0 saturated heterocycles. The molecule has 23 heavy (non-hydrogen) atoms. The van der Waals surface area contributed by atoms with Crippen LogP contribution in [0.4, 0.5) is 26.3 Å². The first-order valence-electron chi connectivity index (χ1n) is 7.14. The van der Waals surface area contributed by atoms with Gasteiger partial charge in [-0.2, -0.15) is 13.2 Å². The van der Waals surface area contributed by atoms with Crippen molar-refractivity contribution in [2.24, 2.45) is 0 Å². The number of ether oxygens (including phenoxy) is 2. The molecule has 2 unspecified atom stereocenters. The zero-order valence-corrected chi connectivity index (χ0v) is 12.7. The van der Waals surface area contributed by atoms with Gasteiger partial charge in [0, 0.05) is 0 Å². The van der Waals surface area contributed by atoms with Gasteiger partial charge in [-0.3, -0.25) is 0 Å². The van der Waals surface area contributed by atoms with Crippen LogP contribution in [0.5, 0.6) is 11.5 Å². The Labute approximate surface area is 130 Å². The van der Waals surface area contributed by atoms with Crippen molar-refractivity contribution in [3.8, 4) is 11.5 Å². The average molecular weight is 344 g/mol. The predicted molar refractivity (Wildman–Crippen MR) is 72.8 cm³/mol. The summed E-state index contributed by atoms with van der Waals surface area (Å²) in [6.07, 6.45) is -7.80. The van der Waals surface area contributed by atoms with Crippen molar-refractivity contribution in [1.29, 1.82) is 0 Å². The molecule has 0 fully saturated rings. The lowest BCUT2D eigenvalue weighted by molar-refractivity contribution is -0.141. The third kappa shape index (κ3) is 5.51. The zero-order chi connectivity index (χ0) is 17.6. The van der Waals surface area contributed by atoms with Gasteiger partial charge in [0.25, 0.3) is 0 Å². The fraction of sp³-hybridized carbons (Fsp3) is 0.600. The Bertz CT molecular complexity index is 503. The summed E-state index contributed by atoms with van der Waals surface area (Å²) in [5.41, 5.74) is -1.69. The van der Waals surface area contributed by atoms with E-state index < -0.39 is 54.6 Å². The Hall–Kier alpha value is -1.60. The molecule has 0 spiro atoms. The molecule has 1 aromatic rings. The molecule has 132 valence electrons. The second-order valence-electron chi connectivity index (χ2n) is 4.88. The minimum absolute atomic E-state index is 0.0555. The summed E-state index contributed by atoms with van der Waals surface area (Å²) in [6, 6.07) is 1.74. The summed E-state index contributed by atoms with van der Waals surface area (Å²) in [5, 5.41) is 0. The molecule has 1 rings (SSSR count). The van der Waals surface area contributed by atoms with Gasteiger partial charge in [-0.1, -0.05) is 13.8 Å². The summed E-state index contributed by atoms with van der Waals surface area (Å²) >= 11 is 0. The second kappa shape index (κ2) is 8.31. The van der Waals surface area contributed by atoms with E-state index in [9.17, 15) is 26.3 Å². The van der Waals surface area contributed by atoms with E-state index >= 15 is 0 Å². The largest absolute Gasteiger partial charge is 0.490 e. The molecule has 0 aromatic heterocycles. The van der Waals surface area contributed by atoms with E-state index in [0.717, 1.165) is 12.1 Å². The zero-order valence-electron chi connectivity index (χ0n) is 12.7. The Balaban J connectivity index is 3.06. The average Bonchev–Trinajstić information content (AvgIpc) is 2.49. The van der Waals surface area contributed by atoms with Crippen LogP contribution in [0.25, 0.3) is 0 Å². The molecule has 0 aliphatic rings. The number of alkyl halides is 5. The lowest BCUT2D eigenvalue weighted by Crippen LogP contribution is -2.18. The summed E-state index contributed by atoms with van der Waals surface area (Å²) in [4.78, 5) is 0. The first-order valence-corrected chi connectivity index (χ1v) is 7.14. The fourth-order valence-corrected chi connectivity index (χ4v) is 1.63. The highest BCUT2D eigenvalue weighted by atomic mass is 19.4. The molecule has 0 saturated carbocycles. The van der Waals surface area contributed by atoms with Crippen LogP contribution in [0.15, 0.2) is 12.1 Å². The van der Waals surface area contributed by atoms with Crippen LogP contribution in [0.1, 0.15) is 32.3 Å². The maximum absolute atomic E-state index is 14.0. The number of halogens is 6. The van der Waals surface area contributed by atoms with Crippen molar-refractivity contribution in [3.63, 3.8) is 0 Å². The van der Waals surface area contributed by atoms with Crippen LogP contribution in [-0.2, 0) is 6.18 Å². The lowest BCUT2D eigenvalue weighted by atomic mass is 10.1. The molecule has 0 heterocycles. The van der Waals surface area contributed by atoms with Crippen molar-refractivity contribution in [2.45, 2.75) is 45.2 Å². The Morgan fingerprint density at radius 2 is 1.35 bits per heavy atom. The molecular weight excluding hydrogens is 326 g/mol. The fourth-order valence-electron chi connectivity index (χ4n) is 1.63.